The second kappa shape index (κ2) is 9.46. The smallest absolute Gasteiger partial charge is 0.409 e. The van der Waals surface area contributed by atoms with Crippen LogP contribution in [0.3, 0.4) is 0 Å². The quantitative estimate of drug-likeness (QED) is 0.625. The lowest BCUT2D eigenvalue weighted by Gasteiger charge is -2.32. The maximum atomic E-state index is 11.5. The molecule has 1 aliphatic heterocycles. The molecule has 2 N–H and O–H groups in total. The van der Waals surface area contributed by atoms with Crippen LogP contribution < -0.4 is 10.6 Å². The van der Waals surface area contributed by atoms with Gasteiger partial charge in [-0.05, 0) is 26.2 Å². The van der Waals surface area contributed by atoms with Gasteiger partial charge in [-0.1, -0.05) is 6.92 Å². The van der Waals surface area contributed by atoms with E-state index in [2.05, 4.69) is 34.5 Å². The maximum Gasteiger partial charge on any atom is 0.409 e. The van der Waals surface area contributed by atoms with Gasteiger partial charge in [-0.2, -0.15) is 0 Å². The van der Waals surface area contributed by atoms with Gasteiger partial charge in [0.25, 0.3) is 0 Å². The largest absolute Gasteiger partial charge is 0.453 e. The molecule has 1 aromatic rings. The zero-order valence-corrected chi connectivity index (χ0v) is 15.5. The third-order valence-corrected chi connectivity index (χ3v) is 5.06. The molecule has 0 unspecified atom stereocenters. The Bertz CT molecular complexity index is 552. The highest BCUT2D eigenvalue weighted by atomic mass is 32.1. The standard InChI is InChI=1S/C16H27N5O2S/c1-4-13-10-18-14(24-13)11-19-15(17-5-2)20-12-6-8-21(9-7-12)16(22)23-3/h10,12H,4-9,11H2,1-3H3,(H2,17,19,20). The summed E-state index contributed by atoms with van der Waals surface area (Å²) in [5, 5.41) is 7.77. The van der Waals surface area contributed by atoms with Crippen molar-refractivity contribution in [1.29, 1.82) is 0 Å². The number of carbonyl (C=O) groups excluding carboxylic acids is 1. The molecule has 7 nitrogen and oxygen atoms in total. The molecule has 2 rings (SSSR count). The molecule has 0 radical (unpaired) electrons. The lowest BCUT2D eigenvalue weighted by Crippen LogP contribution is -2.49. The molecule has 1 aromatic heterocycles. The number of hydrogen-bond donors (Lipinski definition) is 2. The molecule has 1 amide bonds. The van der Waals surface area contributed by atoms with Crippen molar-refractivity contribution >= 4 is 23.4 Å². The molecule has 0 saturated carbocycles. The fraction of sp³-hybridized carbons (Fsp3) is 0.688. The first-order chi connectivity index (χ1) is 11.7. The summed E-state index contributed by atoms with van der Waals surface area (Å²) in [7, 11) is 1.42. The Labute approximate surface area is 147 Å². The Balaban J connectivity index is 1.86. The van der Waals surface area contributed by atoms with Crippen LogP contribution >= 0.6 is 11.3 Å². The highest BCUT2D eigenvalue weighted by Gasteiger charge is 2.23. The number of rotatable bonds is 5. The van der Waals surface area contributed by atoms with Gasteiger partial charge in [0.2, 0.25) is 0 Å². The molecule has 0 bridgehead atoms. The number of piperidine rings is 1. The molecule has 0 spiro atoms. The van der Waals surface area contributed by atoms with Crippen molar-refractivity contribution in [3.8, 4) is 0 Å². The molecule has 0 aliphatic carbocycles. The van der Waals surface area contributed by atoms with Crippen LogP contribution in [0.4, 0.5) is 4.79 Å². The van der Waals surface area contributed by atoms with Gasteiger partial charge in [0.15, 0.2) is 5.96 Å². The molecular weight excluding hydrogens is 326 g/mol. The van der Waals surface area contributed by atoms with E-state index < -0.39 is 0 Å². The van der Waals surface area contributed by atoms with Crippen LogP contribution in [-0.4, -0.2) is 54.7 Å². The van der Waals surface area contributed by atoms with Crippen LogP contribution in [0.15, 0.2) is 11.2 Å². The average molecular weight is 353 g/mol. The van der Waals surface area contributed by atoms with E-state index in [4.69, 9.17) is 4.74 Å². The van der Waals surface area contributed by atoms with E-state index in [0.717, 1.165) is 36.8 Å². The van der Waals surface area contributed by atoms with Crippen molar-refractivity contribution in [3.63, 3.8) is 0 Å². The summed E-state index contributed by atoms with van der Waals surface area (Å²) in [6.07, 6.45) is 4.47. The van der Waals surface area contributed by atoms with Crippen LogP contribution in [0.25, 0.3) is 0 Å². The predicted octanol–water partition coefficient (Wildman–Crippen LogP) is 1.99. The summed E-state index contributed by atoms with van der Waals surface area (Å²) in [4.78, 5) is 23.6. The Morgan fingerprint density at radius 1 is 1.46 bits per heavy atom. The van der Waals surface area contributed by atoms with E-state index in [-0.39, 0.29) is 6.09 Å². The highest BCUT2D eigenvalue weighted by Crippen LogP contribution is 2.14. The number of aryl methyl sites for hydroxylation is 1. The number of carbonyl (C=O) groups is 1. The fourth-order valence-corrected chi connectivity index (χ4v) is 3.37. The first kappa shape index (κ1) is 18.5. The van der Waals surface area contributed by atoms with Crippen molar-refractivity contribution < 1.29 is 9.53 Å². The molecule has 0 aromatic carbocycles. The number of guanidine groups is 1. The van der Waals surface area contributed by atoms with Crippen molar-refractivity contribution in [2.45, 2.75) is 45.7 Å². The number of likely N-dealkylation sites (tertiary alicyclic amines) is 1. The minimum Gasteiger partial charge on any atom is -0.453 e. The number of nitrogens with zero attached hydrogens (tertiary/aromatic N) is 3. The van der Waals surface area contributed by atoms with Crippen LogP contribution in [-0.2, 0) is 17.7 Å². The van der Waals surface area contributed by atoms with Crippen LogP contribution in [0.5, 0.6) is 0 Å². The minimum atomic E-state index is -0.246. The van der Waals surface area contributed by atoms with Gasteiger partial charge < -0.3 is 20.3 Å². The molecule has 134 valence electrons. The number of aromatic nitrogens is 1. The molecular formula is C16H27N5O2S. The second-order valence-corrected chi connectivity index (χ2v) is 6.84. The Morgan fingerprint density at radius 3 is 2.79 bits per heavy atom. The first-order valence-electron chi connectivity index (χ1n) is 8.47. The summed E-state index contributed by atoms with van der Waals surface area (Å²) in [6.45, 7) is 6.99. The van der Waals surface area contributed by atoms with Gasteiger partial charge in [-0.3, -0.25) is 0 Å². The van der Waals surface area contributed by atoms with E-state index in [1.54, 1.807) is 16.2 Å². The predicted molar refractivity (Wildman–Crippen MR) is 96.4 cm³/mol. The van der Waals surface area contributed by atoms with Crippen molar-refractivity contribution in [2.75, 3.05) is 26.7 Å². The molecule has 0 atom stereocenters. The number of aliphatic imine (C=N–C) groups is 1. The Morgan fingerprint density at radius 2 is 2.21 bits per heavy atom. The molecule has 1 aliphatic rings. The van der Waals surface area contributed by atoms with Gasteiger partial charge in [0, 0.05) is 36.8 Å². The van der Waals surface area contributed by atoms with Gasteiger partial charge >= 0.3 is 6.09 Å². The maximum absolute atomic E-state index is 11.5. The summed E-state index contributed by atoms with van der Waals surface area (Å²) in [6, 6.07) is 0.311. The third-order valence-electron chi connectivity index (χ3n) is 3.94. The Hall–Kier alpha value is -1.83. The van der Waals surface area contributed by atoms with E-state index in [0.29, 0.717) is 25.7 Å². The number of amides is 1. The summed E-state index contributed by atoms with van der Waals surface area (Å²) >= 11 is 1.71. The van der Waals surface area contributed by atoms with E-state index >= 15 is 0 Å². The fourth-order valence-electron chi connectivity index (χ4n) is 2.58. The van der Waals surface area contributed by atoms with E-state index in [1.165, 1.54) is 12.0 Å². The highest BCUT2D eigenvalue weighted by molar-refractivity contribution is 7.11. The molecule has 2 heterocycles. The van der Waals surface area contributed by atoms with E-state index in [1.807, 2.05) is 6.20 Å². The Kier molecular flexibility index (Phi) is 7.30. The lowest BCUT2D eigenvalue weighted by molar-refractivity contribution is 0.111. The third kappa shape index (κ3) is 5.36. The first-order valence-corrected chi connectivity index (χ1v) is 9.29. The molecule has 1 fully saturated rings. The molecule has 24 heavy (non-hydrogen) atoms. The van der Waals surface area contributed by atoms with Crippen molar-refractivity contribution in [2.24, 2.45) is 4.99 Å². The number of thiazole rings is 1. The van der Waals surface area contributed by atoms with Gasteiger partial charge in [0.05, 0.1) is 13.7 Å². The summed E-state index contributed by atoms with van der Waals surface area (Å²) < 4.78 is 4.77. The minimum absolute atomic E-state index is 0.246. The van der Waals surface area contributed by atoms with E-state index in [9.17, 15) is 4.79 Å². The van der Waals surface area contributed by atoms with Crippen LogP contribution in [0.1, 0.15) is 36.6 Å². The topological polar surface area (TPSA) is 78.9 Å². The monoisotopic (exact) mass is 353 g/mol. The number of nitrogens with one attached hydrogen (secondary N) is 2. The summed E-state index contributed by atoms with van der Waals surface area (Å²) in [5.74, 6) is 0.808. The lowest BCUT2D eigenvalue weighted by atomic mass is 10.1. The molecule has 1 saturated heterocycles. The second-order valence-electron chi connectivity index (χ2n) is 5.64. The van der Waals surface area contributed by atoms with Gasteiger partial charge in [-0.15, -0.1) is 11.3 Å². The number of methoxy groups -OCH3 is 1. The molecule has 8 heteroatoms. The zero-order chi connectivity index (χ0) is 17.4. The van der Waals surface area contributed by atoms with Crippen molar-refractivity contribution in [1.82, 2.24) is 20.5 Å². The average Bonchev–Trinajstić information content (AvgIpc) is 3.08. The van der Waals surface area contributed by atoms with Gasteiger partial charge in [-0.25, -0.2) is 14.8 Å². The summed E-state index contributed by atoms with van der Waals surface area (Å²) in [5.41, 5.74) is 0. The normalized spacial score (nSPS) is 16.1. The van der Waals surface area contributed by atoms with Crippen molar-refractivity contribution in [3.05, 3.63) is 16.1 Å². The van der Waals surface area contributed by atoms with Crippen LogP contribution in [0, 0.1) is 0 Å². The zero-order valence-electron chi connectivity index (χ0n) is 14.7. The number of hydrogen-bond acceptors (Lipinski definition) is 5. The van der Waals surface area contributed by atoms with Crippen LogP contribution in [0.2, 0.25) is 0 Å². The van der Waals surface area contributed by atoms with Gasteiger partial charge in [0.1, 0.15) is 5.01 Å². The number of ether oxygens (including phenoxy) is 1. The SMILES string of the molecule is CCNC(=NCc1ncc(CC)s1)NC1CCN(C(=O)OC)CC1.